The van der Waals surface area contributed by atoms with E-state index in [1.807, 2.05) is 30.1 Å². The molecule has 11 heteroatoms. The first-order valence-electron chi connectivity index (χ1n) is 15.2. The molecular formula is C32H37N7O4. The molecule has 11 nitrogen and oxygen atoms in total. The Morgan fingerprint density at radius 1 is 0.977 bits per heavy atom. The van der Waals surface area contributed by atoms with Crippen LogP contribution in [-0.4, -0.2) is 54.3 Å². The van der Waals surface area contributed by atoms with Crippen LogP contribution in [0.4, 0.5) is 5.82 Å². The maximum atomic E-state index is 13.8. The molecule has 0 spiro atoms. The standard InChI is InChI=1S/C32H37N7O4/c1-39-27-11-10-22(14-23(27)16-36-39)26-18-34-24(17-35-26)15-32(12-6-3-7-13-32)31(41)38-28-19-33-20-29(37-28)42-21-30(40)43-25-8-4-2-5-9-25/h10-11,14,16-20,25H,2-9,12-13,15,21H2,1H3,(H,37,38,41). The third kappa shape index (κ3) is 6.81. The first-order valence-corrected chi connectivity index (χ1v) is 15.2. The number of fused-ring (bicyclic) bond motifs is 1. The van der Waals surface area contributed by atoms with Crippen molar-refractivity contribution in [2.75, 3.05) is 11.9 Å². The van der Waals surface area contributed by atoms with Crippen molar-refractivity contribution in [3.8, 4) is 17.1 Å². The molecule has 3 heterocycles. The predicted molar refractivity (Wildman–Crippen MR) is 160 cm³/mol. The lowest BCUT2D eigenvalue weighted by Crippen LogP contribution is -2.40. The largest absolute Gasteiger partial charge is 0.465 e. The Labute approximate surface area is 250 Å². The molecule has 0 radical (unpaired) electrons. The van der Waals surface area contributed by atoms with Crippen LogP contribution in [0.5, 0.6) is 5.88 Å². The number of hydrogen-bond donors (Lipinski definition) is 1. The van der Waals surface area contributed by atoms with Gasteiger partial charge in [-0.2, -0.15) is 10.1 Å². The Balaban J connectivity index is 1.10. The van der Waals surface area contributed by atoms with E-state index < -0.39 is 11.4 Å². The van der Waals surface area contributed by atoms with E-state index in [1.54, 1.807) is 12.4 Å². The number of carbonyl (C=O) groups excluding carboxylic acids is 2. The number of benzene rings is 1. The molecule has 0 unspecified atom stereocenters. The van der Waals surface area contributed by atoms with Crippen LogP contribution in [0.1, 0.15) is 69.9 Å². The summed E-state index contributed by atoms with van der Waals surface area (Å²) in [5.41, 5.74) is 2.92. The number of aromatic nitrogens is 6. The third-order valence-corrected chi connectivity index (χ3v) is 8.60. The average Bonchev–Trinajstić information content (AvgIpc) is 3.41. The van der Waals surface area contributed by atoms with Crippen molar-refractivity contribution < 1.29 is 19.1 Å². The Hall–Kier alpha value is -4.41. The second-order valence-corrected chi connectivity index (χ2v) is 11.7. The first kappa shape index (κ1) is 28.7. The van der Waals surface area contributed by atoms with E-state index in [-0.39, 0.29) is 30.3 Å². The van der Waals surface area contributed by atoms with E-state index in [9.17, 15) is 9.59 Å². The van der Waals surface area contributed by atoms with Gasteiger partial charge in [-0.15, -0.1) is 0 Å². The summed E-state index contributed by atoms with van der Waals surface area (Å²) in [5, 5.41) is 8.31. The lowest BCUT2D eigenvalue weighted by molar-refractivity contribution is -0.153. The van der Waals surface area contributed by atoms with Crippen molar-refractivity contribution in [1.82, 2.24) is 29.7 Å². The predicted octanol–water partition coefficient (Wildman–Crippen LogP) is 5.21. The molecule has 2 aliphatic rings. The van der Waals surface area contributed by atoms with Gasteiger partial charge in [0, 0.05) is 30.6 Å². The zero-order valence-electron chi connectivity index (χ0n) is 24.5. The van der Waals surface area contributed by atoms with Crippen molar-refractivity contribution in [2.45, 2.75) is 76.7 Å². The van der Waals surface area contributed by atoms with Crippen molar-refractivity contribution in [1.29, 1.82) is 0 Å². The molecule has 6 rings (SSSR count). The van der Waals surface area contributed by atoms with Gasteiger partial charge in [0.2, 0.25) is 11.8 Å². The number of carbonyl (C=O) groups is 2. The number of esters is 1. The summed E-state index contributed by atoms with van der Waals surface area (Å²) in [7, 11) is 1.92. The van der Waals surface area contributed by atoms with E-state index >= 15 is 0 Å². The minimum Gasteiger partial charge on any atom is -0.465 e. The number of amides is 1. The van der Waals surface area contributed by atoms with Gasteiger partial charge in [0.05, 0.1) is 47.1 Å². The van der Waals surface area contributed by atoms with E-state index in [0.717, 1.165) is 85.6 Å². The number of aryl methyl sites for hydroxylation is 1. The lowest BCUT2D eigenvalue weighted by Gasteiger charge is -2.35. The van der Waals surface area contributed by atoms with Crippen molar-refractivity contribution in [2.24, 2.45) is 12.5 Å². The molecule has 3 aromatic heterocycles. The zero-order chi connectivity index (χ0) is 29.6. The minimum absolute atomic E-state index is 0.0367. The van der Waals surface area contributed by atoms with Gasteiger partial charge >= 0.3 is 5.97 Å². The van der Waals surface area contributed by atoms with E-state index in [0.29, 0.717) is 6.42 Å². The second-order valence-electron chi connectivity index (χ2n) is 11.7. The Morgan fingerprint density at radius 3 is 2.58 bits per heavy atom. The van der Waals surface area contributed by atoms with Crippen LogP contribution in [-0.2, 0) is 27.8 Å². The topological polar surface area (TPSA) is 134 Å². The summed E-state index contributed by atoms with van der Waals surface area (Å²) < 4.78 is 12.9. The highest BCUT2D eigenvalue weighted by Gasteiger charge is 2.40. The number of nitrogens with one attached hydrogen (secondary N) is 1. The van der Waals surface area contributed by atoms with Crippen LogP contribution >= 0.6 is 0 Å². The fraction of sp³-hybridized carbons (Fsp3) is 0.469. The third-order valence-electron chi connectivity index (χ3n) is 8.60. The number of anilines is 1. The van der Waals surface area contributed by atoms with Crippen LogP contribution < -0.4 is 10.1 Å². The quantitative estimate of drug-likeness (QED) is 0.264. The summed E-state index contributed by atoms with van der Waals surface area (Å²) in [5.74, 6) is -0.111. The average molecular weight is 584 g/mol. The maximum absolute atomic E-state index is 13.8. The van der Waals surface area contributed by atoms with Crippen LogP contribution in [0, 0.1) is 5.41 Å². The summed E-state index contributed by atoms with van der Waals surface area (Å²) in [4.78, 5) is 43.9. The van der Waals surface area contributed by atoms with Crippen LogP contribution in [0.25, 0.3) is 22.2 Å². The summed E-state index contributed by atoms with van der Waals surface area (Å²) in [6, 6.07) is 6.10. The molecule has 4 aromatic rings. The van der Waals surface area contributed by atoms with Gasteiger partial charge in [0.1, 0.15) is 6.10 Å². The van der Waals surface area contributed by atoms with E-state index in [2.05, 4.69) is 31.4 Å². The molecule has 43 heavy (non-hydrogen) atoms. The van der Waals surface area contributed by atoms with E-state index in [4.69, 9.17) is 14.5 Å². The van der Waals surface area contributed by atoms with Gasteiger partial charge < -0.3 is 14.8 Å². The molecule has 1 N–H and O–H groups in total. The monoisotopic (exact) mass is 583 g/mol. The second kappa shape index (κ2) is 12.8. The van der Waals surface area contributed by atoms with Crippen LogP contribution in [0.15, 0.2) is 49.2 Å². The molecule has 2 aliphatic carbocycles. The van der Waals surface area contributed by atoms with Gasteiger partial charge in [-0.3, -0.25) is 24.4 Å². The molecule has 2 fully saturated rings. The highest BCUT2D eigenvalue weighted by atomic mass is 16.6. The number of ether oxygens (including phenoxy) is 2. The maximum Gasteiger partial charge on any atom is 0.344 e. The van der Waals surface area contributed by atoms with Crippen molar-refractivity contribution >= 4 is 28.6 Å². The molecular weight excluding hydrogens is 546 g/mol. The van der Waals surface area contributed by atoms with Gasteiger partial charge in [-0.1, -0.05) is 31.7 Å². The summed E-state index contributed by atoms with van der Waals surface area (Å²) in [6.45, 7) is -0.253. The van der Waals surface area contributed by atoms with Gasteiger partial charge in [0.25, 0.3) is 0 Å². The molecule has 224 valence electrons. The van der Waals surface area contributed by atoms with Gasteiger partial charge in [0.15, 0.2) is 12.4 Å². The molecule has 0 aliphatic heterocycles. The summed E-state index contributed by atoms with van der Waals surface area (Å²) >= 11 is 0. The Kier molecular flexibility index (Phi) is 8.57. The van der Waals surface area contributed by atoms with Crippen molar-refractivity contribution in [3.05, 3.63) is 54.9 Å². The minimum atomic E-state index is -0.634. The highest BCUT2D eigenvalue weighted by molar-refractivity contribution is 5.94. The van der Waals surface area contributed by atoms with E-state index in [1.165, 1.54) is 18.8 Å². The van der Waals surface area contributed by atoms with Crippen molar-refractivity contribution in [3.63, 3.8) is 0 Å². The molecule has 0 saturated heterocycles. The van der Waals surface area contributed by atoms with Gasteiger partial charge in [-0.05, 0) is 50.7 Å². The fourth-order valence-corrected chi connectivity index (χ4v) is 6.24. The van der Waals surface area contributed by atoms with Crippen LogP contribution in [0.2, 0.25) is 0 Å². The first-order chi connectivity index (χ1) is 21.0. The summed E-state index contributed by atoms with van der Waals surface area (Å²) in [6.07, 6.45) is 18.4. The highest BCUT2D eigenvalue weighted by Crippen LogP contribution is 2.40. The SMILES string of the molecule is Cn1ncc2cc(-c3cnc(CC4(C(=O)Nc5cncc(OCC(=O)OC6CCCCC6)n5)CCCCC4)cn3)ccc21. The van der Waals surface area contributed by atoms with Gasteiger partial charge in [-0.25, -0.2) is 4.79 Å². The number of nitrogens with zero attached hydrogens (tertiary/aromatic N) is 6. The zero-order valence-corrected chi connectivity index (χ0v) is 24.5. The number of rotatable bonds is 9. The molecule has 1 amide bonds. The molecule has 2 saturated carbocycles. The van der Waals surface area contributed by atoms with Crippen LogP contribution in [0.3, 0.4) is 0 Å². The molecule has 0 bridgehead atoms. The Morgan fingerprint density at radius 2 is 1.79 bits per heavy atom. The normalized spacial score (nSPS) is 17.0. The fourth-order valence-electron chi connectivity index (χ4n) is 6.24. The lowest BCUT2D eigenvalue weighted by atomic mass is 9.70. The Bertz CT molecular complexity index is 1570. The number of hydrogen-bond acceptors (Lipinski definition) is 9. The smallest absolute Gasteiger partial charge is 0.344 e. The molecule has 0 atom stereocenters. The molecule has 1 aromatic carbocycles.